The first kappa shape index (κ1) is 26.5. The second kappa shape index (κ2) is 11.6. The van der Waals surface area contributed by atoms with E-state index < -0.39 is 20.0 Å². The predicted octanol–water partition coefficient (Wildman–Crippen LogP) is 0.923. The number of benzene rings is 1. The highest BCUT2D eigenvalue weighted by atomic mass is 32.2. The zero-order valence-electron chi connectivity index (χ0n) is 20.1. The summed E-state index contributed by atoms with van der Waals surface area (Å²) in [6.07, 6.45) is 6.34. The van der Waals surface area contributed by atoms with E-state index in [2.05, 4.69) is 15.3 Å². The molecule has 0 bridgehead atoms. The van der Waals surface area contributed by atoms with Crippen molar-refractivity contribution in [1.82, 2.24) is 23.9 Å². The van der Waals surface area contributed by atoms with Crippen molar-refractivity contribution in [3.05, 3.63) is 48.3 Å². The Bertz CT molecular complexity index is 1230. The van der Waals surface area contributed by atoms with Crippen LogP contribution in [0.2, 0.25) is 0 Å². The lowest BCUT2D eigenvalue weighted by Crippen LogP contribution is -2.49. The molecule has 0 aliphatic carbocycles. The molecule has 1 aromatic heterocycles. The standard InChI is InChI=1S/C23H32N6O5S2/c30-22(20-6-8-21(9-7-20)36(33,34)29-13-2-1-3-14-29)24-12-5-19-35(31,32)28-17-15-27(16-18-28)23-25-10-4-11-26-23/h4,6-11H,1-3,5,12-19H2,(H,24,30). The molecule has 2 aliphatic rings. The number of anilines is 1. The molecule has 0 atom stereocenters. The number of sulfonamides is 2. The summed E-state index contributed by atoms with van der Waals surface area (Å²) in [5, 5.41) is 2.72. The monoisotopic (exact) mass is 536 g/mol. The quantitative estimate of drug-likeness (QED) is 0.468. The number of aromatic nitrogens is 2. The smallest absolute Gasteiger partial charge is 0.251 e. The van der Waals surface area contributed by atoms with Gasteiger partial charge >= 0.3 is 0 Å². The molecular formula is C23H32N6O5S2. The van der Waals surface area contributed by atoms with Crippen LogP contribution in [-0.2, 0) is 20.0 Å². The second-order valence-corrected chi connectivity index (χ2v) is 12.9. The lowest BCUT2D eigenvalue weighted by atomic mass is 10.2. The average molecular weight is 537 g/mol. The van der Waals surface area contributed by atoms with Crippen molar-refractivity contribution in [2.45, 2.75) is 30.6 Å². The minimum atomic E-state index is -3.55. The number of hydrogen-bond acceptors (Lipinski definition) is 8. The fourth-order valence-electron chi connectivity index (χ4n) is 4.34. The number of hydrogen-bond donors (Lipinski definition) is 1. The zero-order chi connectivity index (χ0) is 25.6. The number of amides is 1. The highest BCUT2D eigenvalue weighted by Crippen LogP contribution is 2.21. The first-order chi connectivity index (χ1) is 17.3. The molecule has 4 rings (SSSR count). The molecule has 2 saturated heterocycles. The zero-order valence-corrected chi connectivity index (χ0v) is 21.8. The largest absolute Gasteiger partial charge is 0.352 e. The van der Waals surface area contributed by atoms with Gasteiger partial charge < -0.3 is 10.2 Å². The third-order valence-electron chi connectivity index (χ3n) is 6.40. The first-order valence-electron chi connectivity index (χ1n) is 12.2. The van der Waals surface area contributed by atoms with Crippen LogP contribution in [0.4, 0.5) is 5.95 Å². The SMILES string of the molecule is O=C(NCCCS(=O)(=O)N1CCN(c2ncccn2)CC1)c1ccc(S(=O)(=O)N2CCCCC2)cc1. The van der Waals surface area contributed by atoms with Crippen molar-refractivity contribution in [2.24, 2.45) is 0 Å². The van der Waals surface area contributed by atoms with Crippen molar-refractivity contribution in [1.29, 1.82) is 0 Å². The van der Waals surface area contributed by atoms with Crippen LogP contribution in [0.25, 0.3) is 0 Å². The van der Waals surface area contributed by atoms with E-state index in [1.54, 1.807) is 18.5 Å². The third kappa shape index (κ3) is 6.38. The van der Waals surface area contributed by atoms with Crippen LogP contribution in [0.5, 0.6) is 0 Å². The lowest BCUT2D eigenvalue weighted by molar-refractivity contribution is 0.0953. The van der Waals surface area contributed by atoms with Gasteiger partial charge in [-0.3, -0.25) is 4.79 Å². The van der Waals surface area contributed by atoms with Gasteiger partial charge in [-0.05, 0) is 49.6 Å². The third-order valence-corrected chi connectivity index (χ3v) is 10.3. The van der Waals surface area contributed by atoms with E-state index in [1.165, 1.54) is 32.9 Å². The van der Waals surface area contributed by atoms with Gasteiger partial charge in [-0.15, -0.1) is 0 Å². The molecule has 0 unspecified atom stereocenters. The molecule has 0 radical (unpaired) electrons. The molecule has 13 heteroatoms. The molecule has 0 spiro atoms. The van der Waals surface area contributed by atoms with Crippen LogP contribution in [0.1, 0.15) is 36.0 Å². The molecule has 11 nitrogen and oxygen atoms in total. The van der Waals surface area contributed by atoms with Crippen LogP contribution >= 0.6 is 0 Å². The van der Waals surface area contributed by atoms with Gasteiger partial charge in [-0.25, -0.2) is 26.8 Å². The van der Waals surface area contributed by atoms with Crippen LogP contribution in [0.15, 0.2) is 47.6 Å². The molecule has 2 aliphatic heterocycles. The summed E-state index contributed by atoms with van der Waals surface area (Å²) in [7, 11) is -6.99. The summed E-state index contributed by atoms with van der Waals surface area (Å²) in [4.78, 5) is 23.0. The summed E-state index contributed by atoms with van der Waals surface area (Å²) in [5.74, 6) is 0.155. The van der Waals surface area contributed by atoms with E-state index in [4.69, 9.17) is 0 Å². The maximum atomic E-state index is 12.7. The Morgan fingerprint density at radius 3 is 2.11 bits per heavy atom. The van der Waals surface area contributed by atoms with Gasteiger partial charge in [0.05, 0.1) is 10.6 Å². The van der Waals surface area contributed by atoms with E-state index in [1.807, 2.05) is 4.90 Å². The Hall–Kier alpha value is -2.61. The number of piperazine rings is 1. The fourth-order valence-corrected chi connectivity index (χ4v) is 7.35. The van der Waals surface area contributed by atoms with Gasteiger partial charge in [-0.1, -0.05) is 6.42 Å². The molecule has 1 aromatic carbocycles. The normalized spacial score (nSPS) is 18.2. The number of piperidine rings is 1. The van der Waals surface area contributed by atoms with E-state index in [9.17, 15) is 21.6 Å². The van der Waals surface area contributed by atoms with Crippen molar-refractivity contribution in [2.75, 3.05) is 56.5 Å². The summed E-state index contributed by atoms with van der Waals surface area (Å²) >= 11 is 0. The van der Waals surface area contributed by atoms with Crippen molar-refractivity contribution in [3.63, 3.8) is 0 Å². The Morgan fingerprint density at radius 1 is 0.833 bits per heavy atom. The summed E-state index contributed by atoms with van der Waals surface area (Å²) < 4.78 is 53.9. The minimum Gasteiger partial charge on any atom is -0.352 e. The van der Waals surface area contributed by atoms with Gasteiger partial charge in [0.25, 0.3) is 5.91 Å². The Balaban J connectivity index is 1.22. The van der Waals surface area contributed by atoms with Crippen LogP contribution in [-0.4, -0.2) is 92.9 Å². The first-order valence-corrected chi connectivity index (χ1v) is 15.2. The van der Waals surface area contributed by atoms with Crippen molar-refractivity contribution in [3.8, 4) is 0 Å². The highest BCUT2D eigenvalue weighted by Gasteiger charge is 2.28. The fraction of sp³-hybridized carbons (Fsp3) is 0.522. The van der Waals surface area contributed by atoms with Crippen molar-refractivity contribution >= 4 is 31.9 Å². The Kier molecular flexibility index (Phi) is 8.54. The van der Waals surface area contributed by atoms with Crippen LogP contribution in [0, 0.1) is 0 Å². The van der Waals surface area contributed by atoms with Gasteiger partial charge in [0.2, 0.25) is 26.0 Å². The molecule has 196 valence electrons. The summed E-state index contributed by atoms with van der Waals surface area (Å²) in [6, 6.07) is 7.60. The Morgan fingerprint density at radius 2 is 1.47 bits per heavy atom. The van der Waals surface area contributed by atoms with E-state index in [0.717, 1.165) is 19.3 Å². The highest BCUT2D eigenvalue weighted by molar-refractivity contribution is 7.89. The van der Waals surface area contributed by atoms with Gasteiger partial charge in [0, 0.05) is 63.8 Å². The average Bonchev–Trinajstić information content (AvgIpc) is 2.92. The molecule has 1 N–H and O–H groups in total. The number of rotatable bonds is 9. The molecule has 2 fully saturated rings. The molecule has 36 heavy (non-hydrogen) atoms. The number of nitrogens with one attached hydrogen (secondary N) is 1. The number of carbonyl (C=O) groups is 1. The topological polar surface area (TPSA) is 133 Å². The summed E-state index contributed by atoms with van der Waals surface area (Å²) in [6.45, 7) is 2.99. The molecule has 2 aromatic rings. The van der Waals surface area contributed by atoms with E-state index in [0.29, 0.717) is 50.8 Å². The Labute approximate surface area is 212 Å². The van der Waals surface area contributed by atoms with Gasteiger partial charge in [-0.2, -0.15) is 8.61 Å². The van der Waals surface area contributed by atoms with Gasteiger partial charge in [0.15, 0.2) is 0 Å². The van der Waals surface area contributed by atoms with E-state index in [-0.39, 0.29) is 29.5 Å². The molecule has 1 amide bonds. The molecular weight excluding hydrogens is 504 g/mol. The van der Waals surface area contributed by atoms with Crippen molar-refractivity contribution < 1.29 is 21.6 Å². The van der Waals surface area contributed by atoms with E-state index >= 15 is 0 Å². The maximum Gasteiger partial charge on any atom is 0.251 e. The summed E-state index contributed by atoms with van der Waals surface area (Å²) in [5.41, 5.74) is 0.328. The lowest BCUT2D eigenvalue weighted by Gasteiger charge is -2.33. The van der Waals surface area contributed by atoms with Gasteiger partial charge in [0.1, 0.15) is 0 Å². The molecule has 3 heterocycles. The van der Waals surface area contributed by atoms with Crippen LogP contribution < -0.4 is 10.2 Å². The second-order valence-electron chi connectivity index (χ2n) is 8.85. The number of nitrogens with zero attached hydrogens (tertiary/aromatic N) is 5. The maximum absolute atomic E-state index is 12.7. The minimum absolute atomic E-state index is 0.0673. The molecule has 0 saturated carbocycles. The van der Waals surface area contributed by atoms with Crippen LogP contribution in [0.3, 0.4) is 0 Å². The predicted molar refractivity (Wildman–Crippen MR) is 136 cm³/mol. The number of carbonyl (C=O) groups excluding carboxylic acids is 1.